The number of hydrogen-bond donors (Lipinski definition) is 2. The highest BCUT2D eigenvalue weighted by molar-refractivity contribution is 5.99. The number of carbonyl (C=O) groups is 2. The van der Waals surface area contributed by atoms with Crippen molar-refractivity contribution >= 4 is 17.6 Å². The van der Waals surface area contributed by atoms with E-state index >= 15 is 0 Å². The SMILES string of the molecule is CNC(=O)CC[C@H]1[C@@H](OC)CCCN1C(=O)c1cccnc1NC. The van der Waals surface area contributed by atoms with Crippen molar-refractivity contribution in [3.8, 4) is 0 Å². The summed E-state index contributed by atoms with van der Waals surface area (Å²) in [4.78, 5) is 30.7. The highest BCUT2D eigenvalue weighted by Gasteiger charge is 2.35. The number of amides is 2. The number of methoxy groups -OCH3 is 1. The van der Waals surface area contributed by atoms with E-state index in [9.17, 15) is 9.59 Å². The average molecular weight is 334 g/mol. The van der Waals surface area contributed by atoms with Crippen molar-refractivity contribution in [3.63, 3.8) is 0 Å². The smallest absolute Gasteiger partial charge is 0.257 e. The van der Waals surface area contributed by atoms with Crippen LogP contribution in [0, 0.1) is 0 Å². The maximum atomic E-state index is 13.1. The number of anilines is 1. The number of ether oxygens (including phenoxy) is 1. The van der Waals surface area contributed by atoms with Gasteiger partial charge in [-0.05, 0) is 31.4 Å². The Morgan fingerprint density at radius 3 is 2.88 bits per heavy atom. The van der Waals surface area contributed by atoms with E-state index in [1.165, 1.54) is 0 Å². The molecule has 0 aromatic carbocycles. The number of rotatable bonds is 6. The molecule has 0 unspecified atom stereocenters. The van der Waals surface area contributed by atoms with E-state index in [1.54, 1.807) is 39.5 Å². The first kappa shape index (κ1) is 18.2. The minimum atomic E-state index is -0.113. The largest absolute Gasteiger partial charge is 0.379 e. The van der Waals surface area contributed by atoms with E-state index in [1.807, 2.05) is 4.90 Å². The van der Waals surface area contributed by atoms with Crippen LogP contribution in [-0.4, -0.2) is 61.6 Å². The molecule has 1 aliphatic rings. The zero-order valence-corrected chi connectivity index (χ0v) is 14.5. The molecule has 1 aromatic heterocycles. The van der Waals surface area contributed by atoms with E-state index in [0.717, 1.165) is 12.8 Å². The first-order valence-corrected chi connectivity index (χ1v) is 8.29. The van der Waals surface area contributed by atoms with Crippen LogP contribution in [0.15, 0.2) is 18.3 Å². The molecule has 2 atom stereocenters. The second kappa shape index (κ2) is 8.63. The standard InChI is InChI=1S/C17H26N4O3/c1-18-15(22)9-8-13-14(24-3)7-5-11-21(13)17(23)12-6-4-10-20-16(12)19-2/h4,6,10,13-14H,5,7-9,11H2,1-3H3,(H,18,22)(H,19,20)/t13-,14-/m0/s1. The van der Waals surface area contributed by atoms with Crippen molar-refractivity contribution < 1.29 is 14.3 Å². The maximum absolute atomic E-state index is 13.1. The van der Waals surface area contributed by atoms with E-state index in [4.69, 9.17) is 4.74 Å². The summed E-state index contributed by atoms with van der Waals surface area (Å²) in [6.07, 6.45) is 4.33. The number of hydrogen-bond acceptors (Lipinski definition) is 5. The van der Waals surface area contributed by atoms with Crippen LogP contribution in [0.25, 0.3) is 0 Å². The normalized spacial score (nSPS) is 20.5. The average Bonchev–Trinajstić information content (AvgIpc) is 2.64. The molecule has 0 bridgehead atoms. The van der Waals surface area contributed by atoms with Gasteiger partial charge in [0.15, 0.2) is 0 Å². The predicted octanol–water partition coefficient (Wildman–Crippen LogP) is 1.27. The molecular formula is C17H26N4O3. The molecule has 0 saturated carbocycles. The third kappa shape index (κ3) is 4.03. The number of carbonyl (C=O) groups excluding carboxylic acids is 2. The fraction of sp³-hybridized carbons (Fsp3) is 0.588. The summed E-state index contributed by atoms with van der Waals surface area (Å²) in [5, 5.41) is 5.59. The molecule has 7 nitrogen and oxygen atoms in total. The van der Waals surface area contributed by atoms with Gasteiger partial charge in [0.2, 0.25) is 5.91 Å². The van der Waals surface area contributed by atoms with Crippen LogP contribution >= 0.6 is 0 Å². The Morgan fingerprint density at radius 2 is 2.21 bits per heavy atom. The van der Waals surface area contributed by atoms with Crippen molar-refractivity contribution in [2.75, 3.05) is 33.1 Å². The van der Waals surface area contributed by atoms with Gasteiger partial charge in [0.1, 0.15) is 5.82 Å². The van der Waals surface area contributed by atoms with Gasteiger partial charge in [-0.2, -0.15) is 0 Å². The summed E-state index contributed by atoms with van der Waals surface area (Å²) in [5.74, 6) is 0.461. The van der Waals surface area contributed by atoms with Gasteiger partial charge in [-0.15, -0.1) is 0 Å². The molecule has 2 heterocycles. The van der Waals surface area contributed by atoms with Crippen LogP contribution in [-0.2, 0) is 9.53 Å². The summed E-state index contributed by atoms with van der Waals surface area (Å²) in [5.41, 5.74) is 0.543. The molecule has 7 heteroatoms. The summed E-state index contributed by atoms with van der Waals surface area (Å²) in [6, 6.07) is 3.41. The highest BCUT2D eigenvalue weighted by Crippen LogP contribution is 2.26. The minimum absolute atomic E-state index is 0.0277. The van der Waals surface area contributed by atoms with Gasteiger partial charge in [0.25, 0.3) is 5.91 Å². The molecule has 24 heavy (non-hydrogen) atoms. The maximum Gasteiger partial charge on any atom is 0.257 e. The highest BCUT2D eigenvalue weighted by atomic mass is 16.5. The van der Waals surface area contributed by atoms with E-state index < -0.39 is 0 Å². The lowest BCUT2D eigenvalue weighted by Crippen LogP contribution is -2.52. The van der Waals surface area contributed by atoms with Crippen molar-refractivity contribution in [2.24, 2.45) is 0 Å². The quantitative estimate of drug-likeness (QED) is 0.818. The first-order valence-electron chi connectivity index (χ1n) is 8.29. The number of nitrogens with zero attached hydrogens (tertiary/aromatic N) is 2. The third-order valence-corrected chi connectivity index (χ3v) is 4.50. The van der Waals surface area contributed by atoms with Gasteiger partial charge >= 0.3 is 0 Å². The van der Waals surface area contributed by atoms with Gasteiger partial charge in [-0.25, -0.2) is 4.98 Å². The lowest BCUT2D eigenvalue weighted by atomic mass is 9.93. The molecule has 1 aromatic rings. The Morgan fingerprint density at radius 1 is 1.42 bits per heavy atom. The number of nitrogens with one attached hydrogen (secondary N) is 2. The van der Waals surface area contributed by atoms with Crippen LogP contribution in [0.1, 0.15) is 36.0 Å². The van der Waals surface area contributed by atoms with Crippen LogP contribution in [0.3, 0.4) is 0 Å². The summed E-state index contributed by atoms with van der Waals surface area (Å²) >= 11 is 0. The molecular weight excluding hydrogens is 308 g/mol. The molecule has 2 N–H and O–H groups in total. The minimum Gasteiger partial charge on any atom is -0.379 e. The zero-order valence-electron chi connectivity index (χ0n) is 14.5. The van der Waals surface area contributed by atoms with Crippen molar-refractivity contribution in [1.82, 2.24) is 15.2 Å². The van der Waals surface area contributed by atoms with Gasteiger partial charge in [-0.1, -0.05) is 0 Å². The predicted molar refractivity (Wildman–Crippen MR) is 91.9 cm³/mol. The third-order valence-electron chi connectivity index (χ3n) is 4.50. The van der Waals surface area contributed by atoms with Gasteiger partial charge in [0.05, 0.1) is 17.7 Å². The molecule has 2 amide bonds. The van der Waals surface area contributed by atoms with Crippen molar-refractivity contribution in [3.05, 3.63) is 23.9 Å². The summed E-state index contributed by atoms with van der Waals surface area (Å²) < 4.78 is 5.59. The van der Waals surface area contributed by atoms with Crippen molar-refractivity contribution in [1.29, 1.82) is 0 Å². The summed E-state index contributed by atoms with van der Waals surface area (Å²) in [7, 11) is 5.03. The lowest BCUT2D eigenvalue weighted by Gasteiger charge is -2.41. The fourth-order valence-corrected chi connectivity index (χ4v) is 3.23. The Hall–Kier alpha value is -2.15. The number of pyridine rings is 1. The van der Waals surface area contributed by atoms with Crippen LogP contribution in [0.2, 0.25) is 0 Å². The molecule has 0 radical (unpaired) electrons. The Balaban J connectivity index is 2.23. The van der Waals surface area contributed by atoms with Crippen LogP contribution in [0.5, 0.6) is 0 Å². The van der Waals surface area contributed by atoms with Crippen LogP contribution < -0.4 is 10.6 Å². The number of likely N-dealkylation sites (tertiary alicyclic amines) is 1. The number of aromatic nitrogens is 1. The Kier molecular flexibility index (Phi) is 6.54. The van der Waals surface area contributed by atoms with E-state index in [0.29, 0.717) is 30.8 Å². The first-order chi connectivity index (χ1) is 11.6. The molecule has 1 saturated heterocycles. The zero-order chi connectivity index (χ0) is 17.5. The monoisotopic (exact) mass is 334 g/mol. The molecule has 1 aliphatic heterocycles. The molecule has 0 aliphatic carbocycles. The summed E-state index contributed by atoms with van der Waals surface area (Å²) in [6.45, 7) is 0.662. The Bertz CT molecular complexity index is 579. The van der Waals surface area contributed by atoms with E-state index in [2.05, 4.69) is 15.6 Å². The Labute approximate surface area is 142 Å². The molecule has 0 spiro atoms. The molecule has 1 fully saturated rings. The fourth-order valence-electron chi connectivity index (χ4n) is 3.23. The van der Waals surface area contributed by atoms with Crippen LogP contribution in [0.4, 0.5) is 5.82 Å². The molecule has 2 rings (SSSR count). The lowest BCUT2D eigenvalue weighted by molar-refractivity contribution is -0.121. The second-order valence-electron chi connectivity index (χ2n) is 5.84. The van der Waals surface area contributed by atoms with Crippen molar-refractivity contribution in [2.45, 2.75) is 37.8 Å². The molecule has 132 valence electrons. The number of piperidine rings is 1. The van der Waals surface area contributed by atoms with Gasteiger partial charge < -0.3 is 20.3 Å². The second-order valence-corrected chi connectivity index (χ2v) is 5.84. The van der Waals surface area contributed by atoms with E-state index in [-0.39, 0.29) is 24.0 Å². The van der Waals surface area contributed by atoms with Gasteiger partial charge in [-0.3, -0.25) is 9.59 Å². The topological polar surface area (TPSA) is 83.6 Å². The van der Waals surface area contributed by atoms with Gasteiger partial charge in [0, 0.05) is 40.4 Å².